The zero-order valence-corrected chi connectivity index (χ0v) is 15.5. The maximum atomic E-state index is 13.9. The van der Waals surface area contributed by atoms with E-state index >= 15 is 0 Å². The molecule has 28 heavy (non-hydrogen) atoms. The Balaban J connectivity index is 1.49. The first-order valence-electron chi connectivity index (χ1n) is 8.68. The van der Waals surface area contributed by atoms with Gasteiger partial charge >= 0.3 is 0 Å². The number of aromatic amines is 2. The van der Waals surface area contributed by atoms with Gasteiger partial charge in [0.15, 0.2) is 4.77 Å². The van der Waals surface area contributed by atoms with E-state index in [9.17, 15) is 18.4 Å². The Kier molecular flexibility index (Phi) is 4.68. The average Bonchev–Trinajstić information content (AvgIpc) is 3.07. The Bertz CT molecular complexity index is 1120. The summed E-state index contributed by atoms with van der Waals surface area (Å²) in [6, 6.07) is 7.81. The molecule has 1 saturated heterocycles. The molecule has 2 aromatic carbocycles. The summed E-state index contributed by atoms with van der Waals surface area (Å²) in [5.74, 6) is -1.48. The number of hydrogen-bond donors (Lipinski definition) is 2. The number of benzene rings is 2. The molecule has 2 N–H and O–H groups in total. The lowest BCUT2D eigenvalue weighted by Gasteiger charge is -2.35. The van der Waals surface area contributed by atoms with E-state index in [0.29, 0.717) is 47.5 Å². The summed E-state index contributed by atoms with van der Waals surface area (Å²) in [6.45, 7) is 1.30. The van der Waals surface area contributed by atoms with Crippen molar-refractivity contribution in [2.24, 2.45) is 0 Å². The third-order valence-corrected chi connectivity index (χ3v) is 4.97. The minimum Gasteiger partial charge on any atom is -0.335 e. The van der Waals surface area contributed by atoms with Gasteiger partial charge in [-0.2, -0.15) is 0 Å². The number of halogens is 2. The van der Waals surface area contributed by atoms with Gasteiger partial charge in [-0.15, -0.1) is 0 Å². The van der Waals surface area contributed by atoms with Crippen LogP contribution in [0.1, 0.15) is 20.7 Å². The summed E-state index contributed by atoms with van der Waals surface area (Å²) >= 11 is 5.03. The second-order valence-corrected chi connectivity index (χ2v) is 6.95. The predicted molar refractivity (Wildman–Crippen MR) is 102 cm³/mol. The van der Waals surface area contributed by atoms with Crippen molar-refractivity contribution >= 4 is 35.1 Å². The number of carbonyl (C=O) groups excluding carboxylic acids is 2. The largest absolute Gasteiger partial charge is 0.335 e. The molecule has 0 unspecified atom stereocenters. The molecule has 0 bridgehead atoms. The molecule has 2 amide bonds. The first-order valence-corrected chi connectivity index (χ1v) is 9.09. The van der Waals surface area contributed by atoms with Crippen molar-refractivity contribution in [1.82, 2.24) is 19.8 Å². The quantitative estimate of drug-likeness (QED) is 0.647. The van der Waals surface area contributed by atoms with Crippen LogP contribution < -0.4 is 0 Å². The second-order valence-electron chi connectivity index (χ2n) is 6.55. The first-order chi connectivity index (χ1) is 13.4. The normalized spacial score (nSPS) is 14.5. The van der Waals surface area contributed by atoms with E-state index in [1.54, 1.807) is 9.80 Å². The van der Waals surface area contributed by atoms with Crippen LogP contribution in [0.5, 0.6) is 0 Å². The molecule has 0 aliphatic carbocycles. The molecule has 1 fully saturated rings. The maximum absolute atomic E-state index is 13.9. The van der Waals surface area contributed by atoms with Crippen molar-refractivity contribution in [3.05, 3.63) is 63.9 Å². The fraction of sp³-hybridized carbons (Fsp3) is 0.211. The van der Waals surface area contributed by atoms with Crippen LogP contribution in [0.15, 0.2) is 36.4 Å². The molecule has 1 aliphatic rings. The predicted octanol–water partition coefficient (Wildman–Crippen LogP) is 3.10. The van der Waals surface area contributed by atoms with Gasteiger partial charge < -0.3 is 19.8 Å². The van der Waals surface area contributed by atoms with E-state index in [0.717, 1.165) is 0 Å². The van der Waals surface area contributed by atoms with E-state index in [1.807, 2.05) is 0 Å². The Morgan fingerprint density at radius 2 is 1.46 bits per heavy atom. The minimum atomic E-state index is -0.536. The second kappa shape index (κ2) is 7.16. The smallest absolute Gasteiger partial charge is 0.256 e. The van der Waals surface area contributed by atoms with Crippen LogP contribution in [-0.4, -0.2) is 57.8 Å². The first kappa shape index (κ1) is 18.3. The number of amides is 2. The Morgan fingerprint density at radius 1 is 0.857 bits per heavy atom. The number of aromatic nitrogens is 2. The van der Waals surface area contributed by atoms with Crippen LogP contribution in [0.4, 0.5) is 8.78 Å². The fourth-order valence-corrected chi connectivity index (χ4v) is 3.55. The summed E-state index contributed by atoms with van der Waals surface area (Å²) in [5.41, 5.74) is 1.48. The molecular weight excluding hydrogens is 386 g/mol. The molecule has 2 heterocycles. The molecular formula is C19H16F2N4O2S. The highest BCUT2D eigenvalue weighted by atomic mass is 32.1. The fourth-order valence-electron chi connectivity index (χ4n) is 3.33. The number of nitrogens with one attached hydrogen (secondary N) is 2. The third kappa shape index (κ3) is 3.40. The van der Waals surface area contributed by atoms with Gasteiger partial charge in [0.2, 0.25) is 0 Å². The number of H-pyrrole nitrogens is 2. The lowest BCUT2D eigenvalue weighted by molar-refractivity contribution is 0.0536. The highest BCUT2D eigenvalue weighted by Crippen LogP contribution is 2.20. The molecule has 1 aliphatic heterocycles. The summed E-state index contributed by atoms with van der Waals surface area (Å²) in [5, 5.41) is 0. The van der Waals surface area contributed by atoms with Gasteiger partial charge in [0, 0.05) is 31.7 Å². The third-order valence-electron chi connectivity index (χ3n) is 4.77. The van der Waals surface area contributed by atoms with Crippen LogP contribution in [0, 0.1) is 16.4 Å². The monoisotopic (exact) mass is 402 g/mol. The topological polar surface area (TPSA) is 72.2 Å². The van der Waals surface area contributed by atoms with Crippen molar-refractivity contribution < 1.29 is 18.4 Å². The van der Waals surface area contributed by atoms with Crippen molar-refractivity contribution in [3.8, 4) is 0 Å². The van der Waals surface area contributed by atoms with E-state index in [4.69, 9.17) is 12.2 Å². The number of carbonyl (C=O) groups is 2. The van der Waals surface area contributed by atoms with Crippen LogP contribution >= 0.6 is 12.2 Å². The Labute approximate surface area is 163 Å². The van der Waals surface area contributed by atoms with Gasteiger partial charge in [0.1, 0.15) is 11.6 Å². The standard InChI is InChI=1S/C19H16F2N4O2S/c20-12-3-1-11(2-4-12)17(26)24-5-7-25(8-6-24)18(27)14-9-13(21)10-15-16(14)23-19(28)22-15/h1-4,9-10H,5-8H2,(H2,22,23,28). The van der Waals surface area contributed by atoms with E-state index in [-0.39, 0.29) is 17.4 Å². The molecule has 0 saturated carbocycles. The van der Waals surface area contributed by atoms with Crippen LogP contribution in [0.25, 0.3) is 11.0 Å². The molecule has 1 aromatic heterocycles. The highest BCUT2D eigenvalue weighted by Gasteiger charge is 2.27. The molecule has 4 rings (SSSR count). The van der Waals surface area contributed by atoms with Gasteiger partial charge in [0.25, 0.3) is 11.8 Å². The zero-order chi connectivity index (χ0) is 19.8. The average molecular weight is 402 g/mol. The molecule has 9 heteroatoms. The molecule has 0 atom stereocenters. The number of fused-ring (bicyclic) bond motifs is 1. The lowest BCUT2D eigenvalue weighted by atomic mass is 10.1. The zero-order valence-electron chi connectivity index (χ0n) is 14.7. The lowest BCUT2D eigenvalue weighted by Crippen LogP contribution is -2.50. The Morgan fingerprint density at radius 3 is 2.11 bits per heavy atom. The van der Waals surface area contributed by atoms with Crippen molar-refractivity contribution in [1.29, 1.82) is 0 Å². The number of rotatable bonds is 2. The molecule has 0 spiro atoms. The highest BCUT2D eigenvalue weighted by molar-refractivity contribution is 7.71. The van der Waals surface area contributed by atoms with Crippen molar-refractivity contribution in [2.45, 2.75) is 0 Å². The molecule has 6 nitrogen and oxygen atoms in total. The number of nitrogens with zero attached hydrogens (tertiary/aromatic N) is 2. The van der Waals surface area contributed by atoms with Crippen LogP contribution in [-0.2, 0) is 0 Å². The molecule has 3 aromatic rings. The van der Waals surface area contributed by atoms with Crippen LogP contribution in [0.3, 0.4) is 0 Å². The Hall–Kier alpha value is -3.07. The summed E-state index contributed by atoms with van der Waals surface area (Å²) in [7, 11) is 0. The molecule has 0 radical (unpaired) electrons. The minimum absolute atomic E-state index is 0.195. The van der Waals surface area contributed by atoms with E-state index in [1.165, 1.54) is 36.4 Å². The summed E-state index contributed by atoms with van der Waals surface area (Å²) in [4.78, 5) is 34.3. The van der Waals surface area contributed by atoms with Crippen molar-refractivity contribution in [3.63, 3.8) is 0 Å². The van der Waals surface area contributed by atoms with E-state index < -0.39 is 11.6 Å². The van der Waals surface area contributed by atoms with Gasteiger partial charge in [-0.05, 0) is 48.6 Å². The van der Waals surface area contributed by atoms with Gasteiger partial charge in [-0.1, -0.05) is 0 Å². The van der Waals surface area contributed by atoms with Gasteiger partial charge in [-0.25, -0.2) is 8.78 Å². The SMILES string of the molecule is O=C(c1ccc(F)cc1)N1CCN(C(=O)c2cc(F)cc3[nH]c(=S)[nH]c23)CC1. The van der Waals surface area contributed by atoms with Gasteiger partial charge in [0.05, 0.1) is 16.6 Å². The van der Waals surface area contributed by atoms with E-state index in [2.05, 4.69) is 9.97 Å². The maximum Gasteiger partial charge on any atom is 0.256 e. The number of imidazole rings is 1. The number of hydrogen-bond acceptors (Lipinski definition) is 3. The summed E-state index contributed by atoms with van der Waals surface area (Å²) in [6.07, 6.45) is 0. The number of piperazine rings is 1. The van der Waals surface area contributed by atoms with Gasteiger partial charge in [-0.3, -0.25) is 9.59 Å². The summed E-state index contributed by atoms with van der Waals surface area (Å²) < 4.78 is 27.2. The van der Waals surface area contributed by atoms with Crippen molar-refractivity contribution in [2.75, 3.05) is 26.2 Å². The molecule has 144 valence electrons. The van der Waals surface area contributed by atoms with Crippen LogP contribution in [0.2, 0.25) is 0 Å².